The number of nitrogens with two attached hydrogens (primary N) is 1. The Hall–Kier alpha value is -1.06. The van der Waals surface area contributed by atoms with Gasteiger partial charge < -0.3 is 4.90 Å². The average Bonchev–Trinajstić information content (AvgIpc) is 2.23. The van der Waals surface area contributed by atoms with Crippen molar-refractivity contribution >= 4 is 5.69 Å². The first kappa shape index (κ1) is 11.0. The topological polar surface area (TPSA) is 38.5 Å². The number of rotatable bonds is 5. The minimum atomic E-state index is 0.465. The summed E-state index contributed by atoms with van der Waals surface area (Å²) in [5.74, 6) is 5.09. The quantitative estimate of drug-likeness (QED) is 0.728. The SMILES string of the molecule is CCN(CC)c1ccccc1CON. The summed E-state index contributed by atoms with van der Waals surface area (Å²) in [6, 6.07) is 8.18. The van der Waals surface area contributed by atoms with E-state index in [4.69, 9.17) is 5.90 Å². The molecule has 2 N–H and O–H groups in total. The van der Waals surface area contributed by atoms with Gasteiger partial charge in [0.05, 0.1) is 6.61 Å². The predicted octanol–water partition coefficient (Wildman–Crippen LogP) is 1.92. The summed E-state index contributed by atoms with van der Waals surface area (Å²) in [7, 11) is 0. The molecule has 3 nitrogen and oxygen atoms in total. The molecule has 0 saturated carbocycles. The standard InChI is InChI=1S/C11H18N2O/c1-3-13(4-2)11-8-6-5-7-10(11)9-14-12/h5-8H,3-4,9,12H2,1-2H3. The number of nitrogens with zero attached hydrogens (tertiary/aromatic N) is 1. The lowest BCUT2D eigenvalue weighted by Gasteiger charge is -2.23. The van der Waals surface area contributed by atoms with E-state index in [1.165, 1.54) is 5.69 Å². The highest BCUT2D eigenvalue weighted by Gasteiger charge is 2.06. The molecule has 0 aliphatic rings. The Morgan fingerprint density at radius 2 is 1.86 bits per heavy atom. The number of para-hydroxylation sites is 1. The number of benzene rings is 1. The Labute approximate surface area is 85.4 Å². The molecule has 0 bridgehead atoms. The molecule has 1 rings (SSSR count). The van der Waals surface area contributed by atoms with Crippen LogP contribution in [0.25, 0.3) is 0 Å². The molecule has 0 saturated heterocycles. The van der Waals surface area contributed by atoms with Crippen LogP contribution in [0, 0.1) is 0 Å². The minimum Gasteiger partial charge on any atom is -0.372 e. The van der Waals surface area contributed by atoms with E-state index in [0.717, 1.165) is 18.7 Å². The summed E-state index contributed by atoms with van der Waals surface area (Å²) in [6.45, 7) is 6.75. The van der Waals surface area contributed by atoms with Crippen LogP contribution in [0.4, 0.5) is 5.69 Å². The molecule has 78 valence electrons. The summed E-state index contributed by atoms with van der Waals surface area (Å²) >= 11 is 0. The molecule has 0 radical (unpaired) electrons. The number of hydrogen-bond acceptors (Lipinski definition) is 3. The van der Waals surface area contributed by atoms with E-state index in [1.807, 2.05) is 18.2 Å². The van der Waals surface area contributed by atoms with Gasteiger partial charge in [0, 0.05) is 24.3 Å². The van der Waals surface area contributed by atoms with Crippen molar-refractivity contribution in [3.8, 4) is 0 Å². The summed E-state index contributed by atoms with van der Waals surface area (Å²) in [4.78, 5) is 6.97. The third-order valence-electron chi connectivity index (χ3n) is 2.33. The van der Waals surface area contributed by atoms with Gasteiger partial charge in [0.25, 0.3) is 0 Å². The van der Waals surface area contributed by atoms with Crippen LogP contribution in [-0.2, 0) is 11.4 Å². The van der Waals surface area contributed by atoms with Gasteiger partial charge in [-0.05, 0) is 19.9 Å². The fourth-order valence-corrected chi connectivity index (χ4v) is 1.60. The Kier molecular flexibility index (Phi) is 4.43. The largest absolute Gasteiger partial charge is 0.372 e. The van der Waals surface area contributed by atoms with Gasteiger partial charge in [-0.2, -0.15) is 0 Å². The van der Waals surface area contributed by atoms with E-state index in [2.05, 4.69) is 29.7 Å². The smallest absolute Gasteiger partial charge is 0.0950 e. The maximum absolute atomic E-state index is 5.09. The number of anilines is 1. The molecule has 0 fully saturated rings. The summed E-state index contributed by atoms with van der Waals surface area (Å²) in [5, 5.41) is 0. The zero-order valence-electron chi connectivity index (χ0n) is 8.86. The maximum atomic E-state index is 5.09. The zero-order chi connectivity index (χ0) is 10.4. The molecule has 0 heterocycles. The minimum absolute atomic E-state index is 0.465. The fraction of sp³-hybridized carbons (Fsp3) is 0.455. The van der Waals surface area contributed by atoms with Gasteiger partial charge in [0.15, 0.2) is 0 Å². The fourth-order valence-electron chi connectivity index (χ4n) is 1.60. The lowest BCUT2D eigenvalue weighted by molar-refractivity contribution is 0.124. The molecule has 0 spiro atoms. The second-order valence-electron chi connectivity index (χ2n) is 3.11. The zero-order valence-corrected chi connectivity index (χ0v) is 8.86. The number of hydrogen-bond donors (Lipinski definition) is 1. The van der Waals surface area contributed by atoms with Crippen LogP contribution in [0.2, 0.25) is 0 Å². The second kappa shape index (κ2) is 5.62. The predicted molar refractivity (Wildman–Crippen MR) is 59.0 cm³/mol. The van der Waals surface area contributed by atoms with Crippen LogP contribution in [0.15, 0.2) is 24.3 Å². The molecule has 1 aromatic carbocycles. The first-order chi connectivity index (χ1) is 6.83. The van der Waals surface area contributed by atoms with Crippen LogP contribution in [0.5, 0.6) is 0 Å². The molecule has 0 aliphatic heterocycles. The first-order valence-corrected chi connectivity index (χ1v) is 4.98. The van der Waals surface area contributed by atoms with Gasteiger partial charge in [0.2, 0.25) is 0 Å². The molecule has 3 heteroatoms. The van der Waals surface area contributed by atoms with Gasteiger partial charge in [-0.25, -0.2) is 5.90 Å². The van der Waals surface area contributed by atoms with Crippen molar-refractivity contribution in [1.82, 2.24) is 0 Å². The van der Waals surface area contributed by atoms with Crippen LogP contribution in [0.3, 0.4) is 0 Å². The van der Waals surface area contributed by atoms with Crippen molar-refractivity contribution in [3.05, 3.63) is 29.8 Å². The van der Waals surface area contributed by atoms with E-state index in [0.29, 0.717) is 6.61 Å². The summed E-state index contributed by atoms with van der Waals surface area (Å²) < 4.78 is 0. The molecule has 0 aliphatic carbocycles. The van der Waals surface area contributed by atoms with Crippen LogP contribution >= 0.6 is 0 Å². The van der Waals surface area contributed by atoms with E-state index in [-0.39, 0.29) is 0 Å². The van der Waals surface area contributed by atoms with Crippen LogP contribution < -0.4 is 10.8 Å². The Morgan fingerprint density at radius 3 is 2.43 bits per heavy atom. The van der Waals surface area contributed by atoms with Gasteiger partial charge >= 0.3 is 0 Å². The molecular weight excluding hydrogens is 176 g/mol. The molecule has 0 atom stereocenters. The van der Waals surface area contributed by atoms with Crippen molar-refractivity contribution in [1.29, 1.82) is 0 Å². The van der Waals surface area contributed by atoms with E-state index in [9.17, 15) is 0 Å². The normalized spacial score (nSPS) is 10.2. The Morgan fingerprint density at radius 1 is 1.21 bits per heavy atom. The lowest BCUT2D eigenvalue weighted by Crippen LogP contribution is -2.23. The van der Waals surface area contributed by atoms with Crippen molar-refractivity contribution in [3.63, 3.8) is 0 Å². The van der Waals surface area contributed by atoms with Gasteiger partial charge in [-0.15, -0.1) is 0 Å². The average molecular weight is 194 g/mol. The molecule has 14 heavy (non-hydrogen) atoms. The summed E-state index contributed by atoms with van der Waals surface area (Å²) in [5.41, 5.74) is 2.35. The highest BCUT2D eigenvalue weighted by Crippen LogP contribution is 2.20. The van der Waals surface area contributed by atoms with Gasteiger partial charge in [0.1, 0.15) is 0 Å². The monoisotopic (exact) mass is 194 g/mol. The van der Waals surface area contributed by atoms with Crippen molar-refractivity contribution in [2.45, 2.75) is 20.5 Å². The first-order valence-electron chi connectivity index (χ1n) is 4.98. The van der Waals surface area contributed by atoms with E-state index in [1.54, 1.807) is 0 Å². The van der Waals surface area contributed by atoms with Crippen LogP contribution in [-0.4, -0.2) is 13.1 Å². The molecule has 0 aromatic heterocycles. The maximum Gasteiger partial charge on any atom is 0.0950 e. The molecule has 1 aromatic rings. The van der Waals surface area contributed by atoms with Gasteiger partial charge in [-0.3, -0.25) is 4.84 Å². The third kappa shape index (κ3) is 2.47. The van der Waals surface area contributed by atoms with Crippen molar-refractivity contribution in [2.75, 3.05) is 18.0 Å². The molecular formula is C11H18N2O. The second-order valence-corrected chi connectivity index (χ2v) is 3.11. The van der Waals surface area contributed by atoms with E-state index >= 15 is 0 Å². The molecule has 0 unspecified atom stereocenters. The summed E-state index contributed by atoms with van der Waals surface area (Å²) in [6.07, 6.45) is 0. The van der Waals surface area contributed by atoms with Gasteiger partial charge in [-0.1, -0.05) is 18.2 Å². The van der Waals surface area contributed by atoms with E-state index < -0.39 is 0 Å². The Balaban J connectivity index is 2.92. The third-order valence-corrected chi connectivity index (χ3v) is 2.33. The highest BCUT2D eigenvalue weighted by atomic mass is 16.6. The highest BCUT2D eigenvalue weighted by molar-refractivity contribution is 5.53. The Bertz CT molecular complexity index is 272. The van der Waals surface area contributed by atoms with Crippen molar-refractivity contribution in [2.24, 2.45) is 5.90 Å². The molecule has 0 amide bonds. The lowest BCUT2D eigenvalue weighted by atomic mass is 10.1. The van der Waals surface area contributed by atoms with Crippen molar-refractivity contribution < 1.29 is 4.84 Å². The van der Waals surface area contributed by atoms with Crippen LogP contribution in [0.1, 0.15) is 19.4 Å².